The highest BCUT2D eigenvalue weighted by Crippen LogP contribution is 2.21. The van der Waals surface area contributed by atoms with Crippen molar-refractivity contribution >= 4 is 74.0 Å². The summed E-state index contributed by atoms with van der Waals surface area (Å²) in [6.45, 7) is 1.34. The lowest BCUT2D eigenvalue weighted by molar-refractivity contribution is 0.323. The highest BCUT2D eigenvalue weighted by molar-refractivity contribution is 8.01. The topological polar surface area (TPSA) is 18.5 Å². The van der Waals surface area contributed by atoms with Crippen LogP contribution in [-0.4, -0.2) is 58.2 Å². The smallest absolute Gasteiger partial charge is 0.119 e. The van der Waals surface area contributed by atoms with Gasteiger partial charge in [-0.1, -0.05) is 24.3 Å². The predicted octanol–water partition coefficient (Wildman–Crippen LogP) is 5.96. The number of hydrogen-bond donors (Lipinski definition) is 4. The molecule has 0 fully saturated rings. The predicted molar refractivity (Wildman–Crippen MR) is 155 cm³/mol. The van der Waals surface area contributed by atoms with E-state index in [1.54, 1.807) is 0 Å². The van der Waals surface area contributed by atoms with Crippen LogP contribution in [0.3, 0.4) is 0 Å². The molecule has 0 aliphatic rings. The van der Waals surface area contributed by atoms with Gasteiger partial charge in [0.05, 0.1) is 0 Å². The standard InChI is InChI=1S/C23H32O2S6/c26-9-11-30-22(16-28)14-24-20-5-1-18(2-6-20)13-19-3-7-21(8-4-19)25-15-23(17-29)31-12-10-27/h1-8,22-23,26-29H,9-17H2/t22-,23?/m0/s1. The van der Waals surface area contributed by atoms with E-state index in [1.165, 1.54) is 11.1 Å². The molecule has 2 atom stereocenters. The molecule has 0 aliphatic carbocycles. The minimum atomic E-state index is 0.389. The summed E-state index contributed by atoms with van der Waals surface area (Å²) in [4.78, 5) is 0. The second-order valence-electron chi connectivity index (χ2n) is 6.88. The Labute approximate surface area is 218 Å². The molecule has 31 heavy (non-hydrogen) atoms. The summed E-state index contributed by atoms with van der Waals surface area (Å²) in [6, 6.07) is 16.7. The molecule has 0 N–H and O–H groups in total. The molecular weight excluding hydrogens is 501 g/mol. The van der Waals surface area contributed by atoms with E-state index in [2.05, 4.69) is 74.8 Å². The summed E-state index contributed by atoms with van der Waals surface area (Å²) in [5.41, 5.74) is 2.52. The van der Waals surface area contributed by atoms with Gasteiger partial charge < -0.3 is 9.47 Å². The summed E-state index contributed by atoms with van der Waals surface area (Å²) < 4.78 is 11.9. The van der Waals surface area contributed by atoms with Gasteiger partial charge in [0.15, 0.2) is 0 Å². The van der Waals surface area contributed by atoms with E-state index < -0.39 is 0 Å². The summed E-state index contributed by atoms with van der Waals surface area (Å²) >= 11 is 21.1. The molecular formula is C23H32O2S6. The van der Waals surface area contributed by atoms with Crippen molar-refractivity contribution < 1.29 is 9.47 Å². The zero-order chi connectivity index (χ0) is 22.3. The van der Waals surface area contributed by atoms with Gasteiger partial charge in [-0.2, -0.15) is 74.0 Å². The van der Waals surface area contributed by atoms with E-state index in [-0.39, 0.29) is 0 Å². The zero-order valence-electron chi connectivity index (χ0n) is 17.6. The van der Waals surface area contributed by atoms with Crippen LogP contribution in [0.25, 0.3) is 0 Å². The molecule has 2 nitrogen and oxygen atoms in total. The van der Waals surface area contributed by atoms with Gasteiger partial charge in [-0.3, -0.25) is 0 Å². The van der Waals surface area contributed by atoms with E-state index in [4.69, 9.17) is 9.47 Å². The average Bonchev–Trinajstić information content (AvgIpc) is 2.81. The molecule has 0 saturated carbocycles. The van der Waals surface area contributed by atoms with Crippen molar-refractivity contribution in [2.24, 2.45) is 0 Å². The summed E-state index contributed by atoms with van der Waals surface area (Å²) in [7, 11) is 0. The van der Waals surface area contributed by atoms with Crippen molar-refractivity contribution in [1.29, 1.82) is 0 Å². The van der Waals surface area contributed by atoms with Gasteiger partial charge in [-0.15, -0.1) is 0 Å². The average molecular weight is 533 g/mol. The van der Waals surface area contributed by atoms with Crippen LogP contribution >= 0.6 is 74.0 Å². The fraction of sp³-hybridized carbons (Fsp3) is 0.478. The summed E-state index contributed by atoms with van der Waals surface area (Å²) in [5, 5.41) is 0.779. The molecule has 0 radical (unpaired) electrons. The molecule has 0 aromatic heterocycles. The number of hydrogen-bond acceptors (Lipinski definition) is 8. The van der Waals surface area contributed by atoms with Crippen LogP contribution < -0.4 is 9.47 Å². The van der Waals surface area contributed by atoms with Gasteiger partial charge in [0.1, 0.15) is 24.7 Å². The van der Waals surface area contributed by atoms with Gasteiger partial charge in [0.2, 0.25) is 0 Å². The van der Waals surface area contributed by atoms with Crippen LogP contribution in [0.15, 0.2) is 48.5 Å². The van der Waals surface area contributed by atoms with E-state index >= 15 is 0 Å². The Morgan fingerprint density at radius 1 is 0.613 bits per heavy atom. The fourth-order valence-corrected chi connectivity index (χ4v) is 5.66. The second-order valence-corrected chi connectivity index (χ2v) is 11.3. The summed E-state index contributed by atoms with van der Waals surface area (Å²) in [6.07, 6.45) is 0.884. The molecule has 0 aliphatic heterocycles. The molecule has 1 unspecified atom stereocenters. The van der Waals surface area contributed by atoms with Crippen LogP contribution in [-0.2, 0) is 6.42 Å². The van der Waals surface area contributed by atoms with Crippen LogP contribution in [0.1, 0.15) is 11.1 Å². The van der Waals surface area contributed by atoms with Crippen LogP contribution in [0, 0.1) is 0 Å². The summed E-state index contributed by atoms with van der Waals surface area (Å²) in [5.74, 6) is 7.21. The van der Waals surface area contributed by atoms with Crippen molar-refractivity contribution in [2.75, 3.05) is 47.7 Å². The van der Waals surface area contributed by atoms with Crippen molar-refractivity contribution in [3.05, 3.63) is 59.7 Å². The van der Waals surface area contributed by atoms with Crippen LogP contribution in [0.2, 0.25) is 0 Å². The molecule has 0 saturated heterocycles. The quantitative estimate of drug-likeness (QED) is 0.200. The third-order valence-electron chi connectivity index (χ3n) is 4.42. The molecule has 172 valence electrons. The Hall–Kier alpha value is 0.140. The van der Waals surface area contributed by atoms with Crippen molar-refractivity contribution in [1.82, 2.24) is 0 Å². The maximum Gasteiger partial charge on any atom is 0.119 e. The highest BCUT2D eigenvalue weighted by atomic mass is 32.2. The number of benzene rings is 2. The van der Waals surface area contributed by atoms with E-state index in [0.717, 1.165) is 52.4 Å². The molecule has 0 heterocycles. The molecule has 8 heteroatoms. The highest BCUT2D eigenvalue weighted by Gasteiger charge is 2.09. The minimum Gasteiger partial charge on any atom is -0.492 e. The number of thioether (sulfide) groups is 2. The first kappa shape index (κ1) is 27.4. The van der Waals surface area contributed by atoms with Crippen LogP contribution in [0.4, 0.5) is 0 Å². The maximum atomic E-state index is 5.93. The SMILES string of the molecule is SCCSC(CS)COc1ccc(Cc2ccc(OC[C@@H](CS)SCCS)cc2)cc1. The first-order chi connectivity index (χ1) is 15.2. The van der Waals surface area contributed by atoms with E-state index in [1.807, 2.05) is 47.8 Å². The van der Waals surface area contributed by atoms with Gasteiger partial charge in [0, 0.05) is 33.5 Å². The number of rotatable bonds is 16. The van der Waals surface area contributed by atoms with Gasteiger partial charge in [0.25, 0.3) is 0 Å². The minimum absolute atomic E-state index is 0.389. The second kappa shape index (κ2) is 16.7. The van der Waals surface area contributed by atoms with E-state index in [0.29, 0.717) is 23.7 Å². The Bertz CT molecular complexity index is 650. The Balaban J connectivity index is 1.79. The molecule has 2 aromatic carbocycles. The largest absolute Gasteiger partial charge is 0.492 e. The normalized spacial score (nSPS) is 13.0. The lowest BCUT2D eigenvalue weighted by Crippen LogP contribution is -2.17. The fourth-order valence-electron chi connectivity index (χ4n) is 2.77. The van der Waals surface area contributed by atoms with Crippen LogP contribution in [0.5, 0.6) is 11.5 Å². The number of thiol groups is 4. The first-order valence-corrected chi connectivity index (χ1v) is 14.9. The first-order valence-electron chi connectivity index (χ1n) is 10.3. The van der Waals surface area contributed by atoms with Gasteiger partial charge in [-0.05, 0) is 53.3 Å². The molecule has 0 amide bonds. The lowest BCUT2D eigenvalue weighted by Gasteiger charge is -2.15. The molecule has 2 aromatic rings. The Morgan fingerprint density at radius 3 is 1.32 bits per heavy atom. The molecule has 0 spiro atoms. The Kier molecular flexibility index (Phi) is 14.8. The van der Waals surface area contributed by atoms with Crippen molar-refractivity contribution in [2.45, 2.75) is 16.9 Å². The Morgan fingerprint density at radius 2 is 1.00 bits per heavy atom. The van der Waals surface area contributed by atoms with Crippen molar-refractivity contribution in [3.8, 4) is 11.5 Å². The third-order valence-corrected chi connectivity index (χ3v) is 9.28. The number of ether oxygens (including phenoxy) is 2. The zero-order valence-corrected chi connectivity index (χ0v) is 22.8. The van der Waals surface area contributed by atoms with E-state index in [9.17, 15) is 0 Å². The molecule has 0 bridgehead atoms. The molecule has 2 rings (SSSR count). The third kappa shape index (κ3) is 11.2. The van der Waals surface area contributed by atoms with Crippen molar-refractivity contribution in [3.63, 3.8) is 0 Å². The maximum absolute atomic E-state index is 5.93. The lowest BCUT2D eigenvalue weighted by atomic mass is 10.0. The van der Waals surface area contributed by atoms with Gasteiger partial charge in [-0.25, -0.2) is 0 Å². The monoisotopic (exact) mass is 532 g/mol. The van der Waals surface area contributed by atoms with Gasteiger partial charge >= 0.3 is 0 Å².